The molecule has 0 spiro atoms. The Hall–Kier alpha value is -1.20. The molecule has 2 heterocycles. The zero-order valence-electron chi connectivity index (χ0n) is 13.3. The highest BCUT2D eigenvalue weighted by Gasteiger charge is 2.20. The summed E-state index contributed by atoms with van der Waals surface area (Å²) in [6, 6.07) is 1.89. The molecule has 0 radical (unpaired) electrons. The zero-order chi connectivity index (χ0) is 15.8. The molecule has 2 aromatic heterocycles. The summed E-state index contributed by atoms with van der Waals surface area (Å²) in [7, 11) is 0. The van der Waals surface area contributed by atoms with E-state index in [4.69, 9.17) is 11.6 Å². The van der Waals surface area contributed by atoms with Gasteiger partial charge in [-0.1, -0.05) is 32.4 Å². The Bertz CT molecular complexity index is 646. The number of rotatable bonds is 3. The zero-order valence-corrected chi connectivity index (χ0v) is 14.9. The SMILES string of the molecule is Cc1nc(C)c(C(C)Nc2cc(Cl)nc(C(C)(C)C)n2)s1. The van der Waals surface area contributed by atoms with E-state index in [9.17, 15) is 0 Å². The Kier molecular flexibility index (Phi) is 4.54. The molecule has 4 nitrogen and oxygen atoms in total. The number of aromatic nitrogens is 3. The van der Waals surface area contributed by atoms with Gasteiger partial charge in [0, 0.05) is 16.4 Å². The van der Waals surface area contributed by atoms with Crippen molar-refractivity contribution < 1.29 is 0 Å². The van der Waals surface area contributed by atoms with Gasteiger partial charge in [-0.2, -0.15) is 0 Å². The number of hydrogen-bond acceptors (Lipinski definition) is 5. The highest BCUT2D eigenvalue weighted by molar-refractivity contribution is 7.11. The Balaban J connectivity index is 2.27. The maximum atomic E-state index is 6.12. The molecule has 114 valence electrons. The molecular weight excluding hydrogens is 304 g/mol. The standard InChI is InChI=1S/C15H21ClN4S/c1-8-13(21-10(3)17-8)9(2)18-12-7-11(16)19-14(20-12)15(4,5)6/h7,9H,1-6H3,(H,18,19,20). The number of anilines is 1. The Labute approximate surface area is 135 Å². The lowest BCUT2D eigenvalue weighted by molar-refractivity contribution is 0.545. The van der Waals surface area contributed by atoms with Crippen molar-refractivity contribution >= 4 is 28.8 Å². The first kappa shape index (κ1) is 16.2. The van der Waals surface area contributed by atoms with Gasteiger partial charge in [0.1, 0.15) is 16.8 Å². The predicted octanol–water partition coefficient (Wildman–Crippen LogP) is 4.67. The molecule has 0 saturated heterocycles. The van der Waals surface area contributed by atoms with Crippen LogP contribution < -0.4 is 5.32 Å². The average molecular weight is 325 g/mol. The minimum atomic E-state index is -0.137. The fraction of sp³-hybridized carbons (Fsp3) is 0.533. The van der Waals surface area contributed by atoms with E-state index in [1.54, 1.807) is 17.4 Å². The van der Waals surface area contributed by atoms with Crippen LogP contribution in [0.4, 0.5) is 5.82 Å². The summed E-state index contributed by atoms with van der Waals surface area (Å²) >= 11 is 7.83. The summed E-state index contributed by atoms with van der Waals surface area (Å²) in [4.78, 5) is 14.6. The van der Waals surface area contributed by atoms with Crippen LogP contribution in [0.25, 0.3) is 0 Å². The van der Waals surface area contributed by atoms with Gasteiger partial charge in [0.05, 0.1) is 16.7 Å². The fourth-order valence-electron chi connectivity index (χ4n) is 2.06. The van der Waals surface area contributed by atoms with Crippen LogP contribution in [0.2, 0.25) is 5.15 Å². The van der Waals surface area contributed by atoms with Crippen molar-refractivity contribution in [3.8, 4) is 0 Å². The van der Waals surface area contributed by atoms with Gasteiger partial charge in [-0.15, -0.1) is 11.3 Å². The van der Waals surface area contributed by atoms with E-state index < -0.39 is 0 Å². The van der Waals surface area contributed by atoms with E-state index in [-0.39, 0.29) is 11.5 Å². The molecule has 1 unspecified atom stereocenters. The summed E-state index contributed by atoms with van der Waals surface area (Å²) in [5.74, 6) is 1.49. The summed E-state index contributed by atoms with van der Waals surface area (Å²) in [5, 5.41) is 4.94. The number of nitrogens with zero attached hydrogens (tertiary/aromatic N) is 3. The largest absolute Gasteiger partial charge is 0.363 e. The van der Waals surface area contributed by atoms with Crippen LogP contribution in [-0.2, 0) is 5.41 Å². The third-order valence-corrected chi connectivity index (χ3v) is 4.51. The summed E-state index contributed by atoms with van der Waals surface area (Å²) in [5.41, 5.74) is 0.926. The van der Waals surface area contributed by atoms with Crippen molar-refractivity contribution in [2.75, 3.05) is 5.32 Å². The minimum absolute atomic E-state index is 0.134. The molecule has 0 saturated carbocycles. The molecular formula is C15H21ClN4S. The third kappa shape index (κ3) is 3.92. The normalized spacial score (nSPS) is 13.3. The number of nitrogens with one attached hydrogen (secondary N) is 1. The molecule has 0 amide bonds. The highest BCUT2D eigenvalue weighted by atomic mass is 35.5. The van der Waals surface area contributed by atoms with Crippen LogP contribution in [0.3, 0.4) is 0 Å². The van der Waals surface area contributed by atoms with Gasteiger partial charge in [-0.3, -0.25) is 0 Å². The van der Waals surface area contributed by atoms with Crippen molar-refractivity contribution in [3.05, 3.63) is 32.6 Å². The fourth-order valence-corrected chi connectivity index (χ4v) is 3.18. The summed E-state index contributed by atoms with van der Waals surface area (Å²) in [6.07, 6.45) is 0. The van der Waals surface area contributed by atoms with Gasteiger partial charge in [0.25, 0.3) is 0 Å². The number of hydrogen-bond donors (Lipinski definition) is 1. The second-order valence-electron chi connectivity index (χ2n) is 6.20. The van der Waals surface area contributed by atoms with Crippen LogP contribution in [0, 0.1) is 13.8 Å². The molecule has 0 aliphatic carbocycles. The molecule has 0 fully saturated rings. The monoisotopic (exact) mass is 324 g/mol. The number of aryl methyl sites for hydroxylation is 2. The molecule has 0 aliphatic heterocycles. The van der Waals surface area contributed by atoms with Gasteiger partial charge in [-0.05, 0) is 20.8 Å². The van der Waals surface area contributed by atoms with E-state index in [0.29, 0.717) is 5.15 Å². The first-order chi connectivity index (χ1) is 9.66. The van der Waals surface area contributed by atoms with Gasteiger partial charge in [0.2, 0.25) is 0 Å². The van der Waals surface area contributed by atoms with E-state index in [2.05, 4.69) is 48.0 Å². The quantitative estimate of drug-likeness (QED) is 0.833. The maximum Gasteiger partial charge on any atom is 0.137 e. The molecule has 0 bridgehead atoms. The Morgan fingerprint density at radius 2 is 1.86 bits per heavy atom. The molecule has 6 heteroatoms. The Morgan fingerprint density at radius 1 is 1.19 bits per heavy atom. The number of thiazole rings is 1. The van der Waals surface area contributed by atoms with E-state index in [1.165, 1.54) is 4.88 Å². The van der Waals surface area contributed by atoms with Crippen LogP contribution in [0.1, 0.15) is 55.1 Å². The van der Waals surface area contributed by atoms with Gasteiger partial charge < -0.3 is 5.32 Å². The average Bonchev–Trinajstić information content (AvgIpc) is 2.66. The van der Waals surface area contributed by atoms with Crippen LogP contribution in [-0.4, -0.2) is 15.0 Å². The molecule has 0 aliphatic rings. The van der Waals surface area contributed by atoms with E-state index in [1.807, 2.05) is 13.8 Å². The molecule has 1 N–H and O–H groups in total. The van der Waals surface area contributed by atoms with Crippen molar-refractivity contribution in [3.63, 3.8) is 0 Å². The minimum Gasteiger partial charge on any atom is -0.363 e. The molecule has 0 aromatic carbocycles. The second-order valence-corrected chi connectivity index (χ2v) is 7.82. The molecule has 1 atom stereocenters. The maximum absolute atomic E-state index is 6.12. The lowest BCUT2D eigenvalue weighted by atomic mass is 9.96. The third-order valence-electron chi connectivity index (χ3n) is 3.06. The number of halogens is 1. The Morgan fingerprint density at radius 3 is 2.38 bits per heavy atom. The van der Waals surface area contributed by atoms with Crippen molar-refractivity contribution in [1.29, 1.82) is 0 Å². The van der Waals surface area contributed by atoms with Crippen LogP contribution >= 0.6 is 22.9 Å². The first-order valence-electron chi connectivity index (χ1n) is 6.92. The van der Waals surface area contributed by atoms with Crippen molar-refractivity contribution in [2.45, 2.75) is 53.0 Å². The lowest BCUT2D eigenvalue weighted by Gasteiger charge is -2.19. The summed E-state index contributed by atoms with van der Waals surface area (Å²) in [6.45, 7) is 12.4. The summed E-state index contributed by atoms with van der Waals surface area (Å²) < 4.78 is 0. The van der Waals surface area contributed by atoms with Crippen LogP contribution in [0.5, 0.6) is 0 Å². The molecule has 2 rings (SSSR count). The lowest BCUT2D eigenvalue weighted by Crippen LogP contribution is -2.18. The highest BCUT2D eigenvalue weighted by Crippen LogP contribution is 2.28. The van der Waals surface area contributed by atoms with Crippen molar-refractivity contribution in [1.82, 2.24) is 15.0 Å². The smallest absolute Gasteiger partial charge is 0.137 e. The van der Waals surface area contributed by atoms with Gasteiger partial charge in [0.15, 0.2) is 0 Å². The topological polar surface area (TPSA) is 50.7 Å². The predicted molar refractivity (Wildman–Crippen MR) is 89.4 cm³/mol. The van der Waals surface area contributed by atoms with Crippen molar-refractivity contribution in [2.24, 2.45) is 0 Å². The first-order valence-corrected chi connectivity index (χ1v) is 8.12. The van der Waals surface area contributed by atoms with Gasteiger partial charge in [-0.25, -0.2) is 15.0 Å². The van der Waals surface area contributed by atoms with Crippen LogP contribution in [0.15, 0.2) is 6.07 Å². The molecule has 2 aromatic rings. The van der Waals surface area contributed by atoms with E-state index in [0.717, 1.165) is 22.3 Å². The van der Waals surface area contributed by atoms with E-state index >= 15 is 0 Å². The molecule has 21 heavy (non-hydrogen) atoms. The second kappa shape index (κ2) is 5.89. The van der Waals surface area contributed by atoms with Gasteiger partial charge >= 0.3 is 0 Å².